The van der Waals surface area contributed by atoms with Gasteiger partial charge in [0.2, 0.25) is 0 Å². The summed E-state index contributed by atoms with van der Waals surface area (Å²) in [6, 6.07) is 10.9. The Bertz CT molecular complexity index is 1010. The molecule has 1 N–H and O–H groups in total. The van der Waals surface area contributed by atoms with Crippen molar-refractivity contribution < 1.29 is 14.3 Å². The predicted molar refractivity (Wildman–Crippen MR) is 113 cm³/mol. The second-order valence-corrected chi connectivity index (χ2v) is 6.75. The minimum absolute atomic E-state index is 0.0350. The fourth-order valence-electron chi connectivity index (χ4n) is 2.47. The minimum atomic E-state index is -0.487. The highest BCUT2D eigenvalue weighted by molar-refractivity contribution is 9.10. The maximum atomic E-state index is 12.6. The molecule has 0 fully saturated rings. The lowest BCUT2D eigenvalue weighted by Crippen LogP contribution is -2.14. The number of ether oxygens (including phenoxy) is 2. The Labute approximate surface area is 173 Å². The molecule has 0 saturated heterocycles. The van der Waals surface area contributed by atoms with Crippen LogP contribution in [0.5, 0.6) is 11.5 Å². The molecule has 0 bridgehead atoms. The van der Waals surface area contributed by atoms with Crippen molar-refractivity contribution in [2.45, 2.75) is 13.8 Å². The van der Waals surface area contributed by atoms with Crippen LogP contribution >= 0.6 is 15.9 Å². The van der Waals surface area contributed by atoms with Gasteiger partial charge in [0.25, 0.3) is 5.91 Å². The third-order valence-electron chi connectivity index (χ3n) is 4.08. The molecule has 0 atom stereocenters. The maximum Gasteiger partial charge on any atom is 0.266 e. The van der Waals surface area contributed by atoms with E-state index in [1.165, 1.54) is 13.2 Å². The third-order valence-corrected chi connectivity index (χ3v) is 4.67. The fraction of sp³-hybridized carbons (Fsp3) is 0.182. The van der Waals surface area contributed by atoms with Crippen LogP contribution in [0.1, 0.15) is 16.7 Å². The van der Waals surface area contributed by atoms with Crippen molar-refractivity contribution >= 4 is 33.6 Å². The number of carbonyl (C=O) groups excluding carboxylic acids is 1. The molecule has 142 valence electrons. The van der Waals surface area contributed by atoms with Crippen molar-refractivity contribution in [2.24, 2.45) is 0 Å². The van der Waals surface area contributed by atoms with E-state index in [9.17, 15) is 10.1 Å². The summed E-state index contributed by atoms with van der Waals surface area (Å²) in [6.45, 7) is 3.96. The number of nitrogens with zero attached hydrogens (tertiary/aromatic N) is 1. The van der Waals surface area contributed by atoms with Gasteiger partial charge in [0.1, 0.15) is 18.2 Å². The summed E-state index contributed by atoms with van der Waals surface area (Å²) in [6.07, 6.45) is 6.71. The average Bonchev–Trinajstić information content (AvgIpc) is 2.68. The Morgan fingerprint density at radius 2 is 2.11 bits per heavy atom. The number of amides is 1. The molecule has 6 heteroatoms. The number of nitriles is 1. The first-order chi connectivity index (χ1) is 13.4. The first kappa shape index (κ1) is 21.1. The Morgan fingerprint density at radius 1 is 1.36 bits per heavy atom. The largest absolute Gasteiger partial charge is 0.493 e. The van der Waals surface area contributed by atoms with Crippen LogP contribution < -0.4 is 14.8 Å². The van der Waals surface area contributed by atoms with E-state index < -0.39 is 5.91 Å². The number of hydrogen-bond acceptors (Lipinski definition) is 4. The number of terminal acetylenes is 1. The summed E-state index contributed by atoms with van der Waals surface area (Å²) in [5, 5.41) is 12.2. The number of methoxy groups -OCH3 is 1. The second kappa shape index (κ2) is 9.64. The lowest BCUT2D eigenvalue weighted by molar-refractivity contribution is -0.112. The summed E-state index contributed by atoms with van der Waals surface area (Å²) >= 11 is 3.40. The molecule has 0 aliphatic rings. The molecule has 2 aromatic rings. The van der Waals surface area contributed by atoms with E-state index in [1.54, 1.807) is 18.2 Å². The maximum absolute atomic E-state index is 12.6. The Kier molecular flexibility index (Phi) is 7.26. The first-order valence-electron chi connectivity index (χ1n) is 8.34. The van der Waals surface area contributed by atoms with Gasteiger partial charge in [-0.15, -0.1) is 6.42 Å². The lowest BCUT2D eigenvalue weighted by Gasteiger charge is -2.12. The van der Waals surface area contributed by atoms with Crippen molar-refractivity contribution in [2.75, 3.05) is 19.0 Å². The van der Waals surface area contributed by atoms with Gasteiger partial charge in [-0.3, -0.25) is 4.79 Å². The number of rotatable bonds is 6. The number of aryl methyl sites for hydroxylation is 1. The van der Waals surface area contributed by atoms with E-state index in [1.807, 2.05) is 32.0 Å². The molecule has 0 saturated carbocycles. The lowest BCUT2D eigenvalue weighted by atomic mass is 10.1. The summed E-state index contributed by atoms with van der Waals surface area (Å²) in [4.78, 5) is 12.6. The topological polar surface area (TPSA) is 71.3 Å². The summed E-state index contributed by atoms with van der Waals surface area (Å²) < 4.78 is 11.4. The highest BCUT2D eigenvalue weighted by Gasteiger charge is 2.14. The van der Waals surface area contributed by atoms with Gasteiger partial charge in [-0.25, -0.2) is 0 Å². The molecule has 0 aliphatic heterocycles. The predicted octanol–water partition coefficient (Wildman–Crippen LogP) is 4.63. The zero-order chi connectivity index (χ0) is 20.7. The SMILES string of the molecule is C#CCOc1c(Br)cc(/C=C(\C#N)C(=O)Nc2cccc(C)c2C)cc1OC. The van der Waals surface area contributed by atoms with E-state index in [0.29, 0.717) is 27.2 Å². The fourth-order valence-corrected chi connectivity index (χ4v) is 3.04. The number of nitrogens with one attached hydrogen (secondary N) is 1. The van der Waals surface area contributed by atoms with Gasteiger partial charge in [-0.1, -0.05) is 18.1 Å². The van der Waals surface area contributed by atoms with E-state index in [-0.39, 0.29) is 12.2 Å². The Balaban J connectivity index is 2.34. The molecule has 0 heterocycles. The van der Waals surface area contributed by atoms with Crippen LogP contribution in [0.25, 0.3) is 6.08 Å². The molecule has 28 heavy (non-hydrogen) atoms. The van der Waals surface area contributed by atoms with Crippen molar-refractivity contribution in [1.82, 2.24) is 0 Å². The monoisotopic (exact) mass is 438 g/mol. The Morgan fingerprint density at radius 3 is 2.75 bits per heavy atom. The standard InChI is InChI=1S/C22H19BrN2O3/c1-5-9-28-21-18(23)11-16(12-20(21)27-4)10-17(13-24)22(26)25-19-8-6-7-14(2)15(19)3/h1,6-8,10-12H,9H2,2-4H3,(H,25,26)/b17-10+. The zero-order valence-electron chi connectivity index (χ0n) is 15.8. The van der Waals surface area contributed by atoms with Crippen molar-refractivity contribution in [1.29, 1.82) is 5.26 Å². The van der Waals surface area contributed by atoms with Crippen LogP contribution in [0.3, 0.4) is 0 Å². The molecule has 5 nitrogen and oxygen atoms in total. The normalized spacial score (nSPS) is 10.6. The van der Waals surface area contributed by atoms with Crippen LogP contribution in [0.2, 0.25) is 0 Å². The summed E-state index contributed by atoms with van der Waals surface area (Å²) in [5.74, 6) is 2.79. The highest BCUT2D eigenvalue weighted by atomic mass is 79.9. The smallest absolute Gasteiger partial charge is 0.266 e. The molecule has 0 radical (unpaired) electrons. The van der Waals surface area contributed by atoms with Gasteiger partial charge in [-0.05, 0) is 70.7 Å². The van der Waals surface area contributed by atoms with Gasteiger partial charge < -0.3 is 14.8 Å². The van der Waals surface area contributed by atoms with Gasteiger partial charge >= 0.3 is 0 Å². The summed E-state index contributed by atoms with van der Waals surface area (Å²) in [7, 11) is 1.50. The van der Waals surface area contributed by atoms with E-state index in [0.717, 1.165) is 11.1 Å². The van der Waals surface area contributed by atoms with Crippen molar-refractivity contribution in [3.05, 3.63) is 57.1 Å². The third kappa shape index (κ3) is 4.94. The van der Waals surface area contributed by atoms with Crippen molar-refractivity contribution in [3.8, 4) is 29.9 Å². The Hall–Kier alpha value is -3.22. The summed E-state index contributed by atoms with van der Waals surface area (Å²) in [5.41, 5.74) is 3.24. The second-order valence-electron chi connectivity index (χ2n) is 5.90. The van der Waals surface area contributed by atoms with Gasteiger partial charge in [-0.2, -0.15) is 5.26 Å². The van der Waals surface area contributed by atoms with E-state index in [4.69, 9.17) is 15.9 Å². The van der Waals surface area contributed by atoms with E-state index >= 15 is 0 Å². The molecule has 1 amide bonds. The number of benzene rings is 2. The van der Waals surface area contributed by atoms with Gasteiger partial charge in [0.15, 0.2) is 11.5 Å². The van der Waals surface area contributed by atoms with Crippen LogP contribution in [0.4, 0.5) is 5.69 Å². The molecule has 0 unspecified atom stereocenters. The quantitative estimate of drug-likeness (QED) is 0.405. The molecule has 0 aliphatic carbocycles. The first-order valence-corrected chi connectivity index (χ1v) is 9.13. The molecule has 2 aromatic carbocycles. The van der Waals surface area contributed by atoms with Gasteiger partial charge in [0, 0.05) is 5.69 Å². The average molecular weight is 439 g/mol. The highest BCUT2D eigenvalue weighted by Crippen LogP contribution is 2.37. The number of halogens is 1. The van der Waals surface area contributed by atoms with Crippen molar-refractivity contribution in [3.63, 3.8) is 0 Å². The molecular weight excluding hydrogens is 420 g/mol. The molecule has 2 rings (SSSR count). The number of carbonyl (C=O) groups is 1. The van der Waals surface area contributed by atoms with Crippen LogP contribution in [0.15, 0.2) is 40.4 Å². The zero-order valence-corrected chi connectivity index (χ0v) is 17.4. The number of hydrogen-bond donors (Lipinski definition) is 1. The van der Waals surface area contributed by atoms with Gasteiger partial charge in [0.05, 0.1) is 11.6 Å². The number of anilines is 1. The van der Waals surface area contributed by atoms with E-state index in [2.05, 4.69) is 27.2 Å². The van der Waals surface area contributed by atoms with Crippen LogP contribution in [0, 0.1) is 37.5 Å². The van der Waals surface area contributed by atoms with Crippen LogP contribution in [-0.4, -0.2) is 19.6 Å². The van der Waals surface area contributed by atoms with Crippen LogP contribution in [-0.2, 0) is 4.79 Å². The molecule has 0 aromatic heterocycles. The molecule has 0 spiro atoms. The minimum Gasteiger partial charge on any atom is -0.493 e. The molecular formula is C22H19BrN2O3.